The quantitative estimate of drug-likeness (QED) is 0.430. The Morgan fingerprint density at radius 1 is 1.05 bits per heavy atom. The molecule has 10 heteroatoms. The predicted molar refractivity (Wildman–Crippen MR) is 156 cm³/mol. The van der Waals surface area contributed by atoms with Crippen molar-refractivity contribution >= 4 is 55.2 Å². The topological polar surface area (TPSA) is 73.0 Å². The summed E-state index contributed by atoms with van der Waals surface area (Å²) in [5.41, 5.74) is 4.28. The Morgan fingerprint density at radius 2 is 1.78 bits per heavy atom. The van der Waals surface area contributed by atoms with Crippen molar-refractivity contribution in [3.05, 3.63) is 70.1 Å². The van der Waals surface area contributed by atoms with Gasteiger partial charge in [0.1, 0.15) is 11.0 Å². The van der Waals surface area contributed by atoms with E-state index < -0.39 is 10.0 Å². The molecule has 1 N–H and O–H groups in total. The molecule has 0 bridgehead atoms. The Kier molecular flexibility index (Phi) is 7.38. The van der Waals surface area contributed by atoms with E-state index in [2.05, 4.69) is 14.5 Å². The fraction of sp³-hybridized carbons (Fsp3) is 0.370. The second kappa shape index (κ2) is 10.6. The molecule has 5 rings (SSSR count). The molecule has 37 heavy (non-hydrogen) atoms. The number of thiophene rings is 1. The van der Waals surface area contributed by atoms with Crippen LogP contribution in [-0.2, 0) is 21.2 Å². The summed E-state index contributed by atoms with van der Waals surface area (Å²) in [7, 11) is -3.63. The van der Waals surface area contributed by atoms with Gasteiger partial charge in [0, 0.05) is 52.0 Å². The Balaban J connectivity index is 0.00000210. The molecule has 2 aromatic carbocycles. The van der Waals surface area contributed by atoms with Crippen molar-refractivity contribution in [2.45, 2.75) is 37.6 Å². The Bertz CT molecular complexity index is 1390. The summed E-state index contributed by atoms with van der Waals surface area (Å²) in [6, 6.07) is 14.5. The van der Waals surface area contributed by atoms with Gasteiger partial charge >= 0.3 is 0 Å². The average Bonchev–Trinajstić information content (AvgIpc) is 3.31. The molecule has 1 aromatic heterocycles. The van der Waals surface area contributed by atoms with Crippen molar-refractivity contribution < 1.29 is 16.1 Å². The molecule has 0 spiro atoms. The van der Waals surface area contributed by atoms with Crippen LogP contribution in [0.4, 0.5) is 16.4 Å². The lowest BCUT2D eigenvalue weighted by molar-refractivity contribution is -0.132. The van der Waals surface area contributed by atoms with Crippen LogP contribution >= 0.6 is 22.9 Å². The van der Waals surface area contributed by atoms with E-state index in [9.17, 15) is 13.2 Å². The van der Waals surface area contributed by atoms with E-state index in [0.717, 1.165) is 41.3 Å². The number of anilines is 3. The number of carbonyl (C=O) groups is 1. The number of aryl methyl sites for hydroxylation is 2. The first-order chi connectivity index (χ1) is 17.7. The van der Waals surface area contributed by atoms with Crippen molar-refractivity contribution in [1.29, 1.82) is 0 Å². The summed E-state index contributed by atoms with van der Waals surface area (Å²) in [5.74, 6) is 0.138. The molecule has 0 aliphatic carbocycles. The number of fused-ring (bicyclic) bond motifs is 1. The zero-order valence-corrected chi connectivity index (χ0v) is 23.4. The van der Waals surface area contributed by atoms with Crippen molar-refractivity contribution in [2.75, 3.05) is 47.2 Å². The summed E-state index contributed by atoms with van der Waals surface area (Å²) in [5, 5.41) is 3.25. The molecule has 200 valence electrons. The standard InChI is InChI=1S/C27H31ClN4O3S2.2H2/c1-19-16-26(36-18-19)29-37(34,35)24-8-6-23(7-9-24)30-12-14-31(15-13-30)27(33)20(2)32-11-3-4-21-17-22(28)5-10-25(21)32;;/h5-10,16-18,20,29H,3-4,11-15H2,1-2H3;2*1H/t20-;;/m1../s1. The minimum atomic E-state index is -3.63. The Hall–Kier alpha value is -2.75. The lowest BCUT2D eigenvalue weighted by atomic mass is 10.00. The van der Waals surface area contributed by atoms with Crippen LogP contribution < -0.4 is 14.5 Å². The Morgan fingerprint density at radius 3 is 2.46 bits per heavy atom. The first kappa shape index (κ1) is 25.9. The third kappa shape index (κ3) is 5.58. The minimum Gasteiger partial charge on any atom is -0.368 e. The molecule has 0 unspecified atom stereocenters. The molecule has 0 radical (unpaired) electrons. The number of sulfonamides is 1. The van der Waals surface area contributed by atoms with E-state index in [0.29, 0.717) is 31.2 Å². The number of piperazine rings is 1. The highest BCUT2D eigenvalue weighted by Crippen LogP contribution is 2.32. The van der Waals surface area contributed by atoms with Crippen LogP contribution in [0.1, 0.15) is 27.3 Å². The van der Waals surface area contributed by atoms with E-state index in [1.54, 1.807) is 12.1 Å². The van der Waals surface area contributed by atoms with Gasteiger partial charge in [-0.15, -0.1) is 11.3 Å². The van der Waals surface area contributed by atoms with Gasteiger partial charge < -0.3 is 14.7 Å². The van der Waals surface area contributed by atoms with Gasteiger partial charge in [0.25, 0.3) is 10.0 Å². The third-order valence-corrected chi connectivity index (χ3v) is 9.80. The van der Waals surface area contributed by atoms with Crippen LogP contribution in [0.15, 0.2) is 58.8 Å². The fourth-order valence-corrected chi connectivity index (χ4v) is 7.38. The summed E-state index contributed by atoms with van der Waals surface area (Å²) in [6.07, 6.45) is 1.99. The number of carbonyl (C=O) groups excluding carboxylic acids is 1. The number of nitrogens with zero attached hydrogens (tertiary/aromatic N) is 3. The van der Waals surface area contributed by atoms with Gasteiger partial charge in [-0.3, -0.25) is 9.52 Å². The molecule has 3 aromatic rings. The van der Waals surface area contributed by atoms with Crippen LogP contribution in [0, 0.1) is 6.92 Å². The van der Waals surface area contributed by atoms with Gasteiger partial charge in [0.15, 0.2) is 0 Å². The van der Waals surface area contributed by atoms with Crippen LogP contribution in [0.5, 0.6) is 0 Å². The number of amides is 1. The monoisotopic (exact) mass is 562 g/mol. The number of hydrogen-bond donors (Lipinski definition) is 1. The van der Waals surface area contributed by atoms with E-state index in [-0.39, 0.29) is 19.7 Å². The molecular weight excluding hydrogens is 528 g/mol. The number of rotatable bonds is 6. The highest BCUT2D eigenvalue weighted by atomic mass is 35.5. The van der Waals surface area contributed by atoms with E-state index >= 15 is 0 Å². The summed E-state index contributed by atoms with van der Waals surface area (Å²) < 4.78 is 28.1. The molecule has 1 fully saturated rings. The van der Waals surface area contributed by atoms with E-state index in [4.69, 9.17) is 11.6 Å². The minimum absolute atomic E-state index is 0. The van der Waals surface area contributed by atoms with Crippen molar-refractivity contribution in [3.8, 4) is 0 Å². The molecular formula is C27H35ClN4O3S2. The third-order valence-electron chi connectivity index (χ3n) is 7.09. The first-order valence-corrected chi connectivity index (χ1v) is 15.2. The predicted octanol–water partition coefficient (Wildman–Crippen LogP) is 5.49. The maximum absolute atomic E-state index is 13.4. The summed E-state index contributed by atoms with van der Waals surface area (Å²) in [6.45, 7) is 7.43. The molecule has 2 aliphatic rings. The van der Waals surface area contributed by atoms with Gasteiger partial charge in [-0.05, 0) is 91.7 Å². The van der Waals surface area contributed by atoms with Crippen molar-refractivity contribution in [1.82, 2.24) is 4.90 Å². The molecule has 1 atom stereocenters. The van der Waals surface area contributed by atoms with Crippen molar-refractivity contribution in [3.63, 3.8) is 0 Å². The van der Waals surface area contributed by atoms with Gasteiger partial charge in [-0.1, -0.05) is 11.6 Å². The molecule has 1 saturated heterocycles. The molecule has 2 aliphatic heterocycles. The molecule has 7 nitrogen and oxygen atoms in total. The van der Waals surface area contributed by atoms with Gasteiger partial charge in [0.05, 0.1) is 4.90 Å². The highest BCUT2D eigenvalue weighted by molar-refractivity contribution is 7.93. The second-order valence-corrected chi connectivity index (χ2v) is 12.7. The normalized spacial score (nSPS) is 16.9. The van der Waals surface area contributed by atoms with E-state index in [1.807, 2.05) is 60.5 Å². The smallest absolute Gasteiger partial charge is 0.262 e. The number of hydrogen-bond acceptors (Lipinski definition) is 6. The number of halogens is 1. The zero-order chi connectivity index (χ0) is 26.2. The van der Waals surface area contributed by atoms with Gasteiger partial charge in [0.2, 0.25) is 5.91 Å². The zero-order valence-electron chi connectivity index (χ0n) is 21.0. The van der Waals surface area contributed by atoms with Crippen LogP contribution in [0.2, 0.25) is 5.02 Å². The first-order valence-electron chi connectivity index (χ1n) is 12.5. The van der Waals surface area contributed by atoms with Crippen LogP contribution in [-0.4, -0.2) is 58.0 Å². The second-order valence-electron chi connectivity index (χ2n) is 9.65. The van der Waals surface area contributed by atoms with Crippen LogP contribution in [0.3, 0.4) is 0 Å². The molecule has 0 saturated carbocycles. The average molecular weight is 563 g/mol. The van der Waals surface area contributed by atoms with Gasteiger partial charge in [-0.2, -0.15) is 0 Å². The van der Waals surface area contributed by atoms with Crippen molar-refractivity contribution in [2.24, 2.45) is 0 Å². The van der Waals surface area contributed by atoms with E-state index in [1.165, 1.54) is 16.9 Å². The molecule has 3 heterocycles. The van der Waals surface area contributed by atoms with Crippen LogP contribution in [0.25, 0.3) is 0 Å². The van der Waals surface area contributed by atoms with Gasteiger partial charge in [-0.25, -0.2) is 8.42 Å². The number of benzene rings is 2. The summed E-state index contributed by atoms with van der Waals surface area (Å²) in [4.78, 5) is 20.0. The lowest BCUT2D eigenvalue weighted by Crippen LogP contribution is -2.55. The summed E-state index contributed by atoms with van der Waals surface area (Å²) >= 11 is 7.55. The highest BCUT2D eigenvalue weighted by Gasteiger charge is 2.31. The maximum atomic E-state index is 13.4. The number of nitrogens with one attached hydrogen (secondary N) is 1. The lowest BCUT2D eigenvalue weighted by Gasteiger charge is -2.41. The largest absolute Gasteiger partial charge is 0.368 e. The fourth-order valence-electron chi connectivity index (χ4n) is 5.09. The maximum Gasteiger partial charge on any atom is 0.262 e. The Labute approximate surface area is 230 Å². The SMILES string of the molecule is Cc1csc(NS(=O)(=O)c2ccc(N3CCN(C(=O)[C@@H](C)N4CCCc5cc(Cl)ccc54)CC3)cc2)c1.[HH].[HH]. The molecule has 1 amide bonds.